The van der Waals surface area contributed by atoms with Crippen LogP contribution in [0.1, 0.15) is 77.9 Å². The van der Waals surface area contributed by atoms with E-state index in [1.54, 1.807) is 6.92 Å². The van der Waals surface area contributed by atoms with Crippen LogP contribution in [0.15, 0.2) is 48.6 Å². The zero-order chi connectivity index (χ0) is 28.8. The van der Waals surface area contributed by atoms with Gasteiger partial charge in [-0.1, -0.05) is 54.6 Å². The molecule has 1 heterocycles. The zero-order valence-corrected chi connectivity index (χ0v) is 23.1. The number of hydrogen-bond acceptors (Lipinski definition) is 8. The molecule has 1 fully saturated rings. The van der Waals surface area contributed by atoms with Gasteiger partial charge in [0.2, 0.25) is 0 Å². The van der Waals surface area contributed by atoms with E-state index in [0.717, 1.165) is 16.7 Å². The number of amides is 2. The van der Waals surface area contributed by atoms with Crippen LogP contribution in [0.4, 0.5) is 0 Å². The largest absolute Gasteiger partial charge is 0.495 e. The molecule has 0 N–H and O–H groups in total. The van der Waals surface area contributed by atoms with Gasteiger partial charge in [0, 0.05) is 42.2 Å². The van der Waals surface area contributed by atoms with Crippen LogP contribution in [0.2, 0.25) is 0 Å². The number of nitrogens with zero attached hydrogens (tertiary/aromatic N) is 1. The number of benzene rings is 2. The molecule has 0 radical (unpaired) electrons. The molecule has 0 bridgehead atoms. The molecular formula is C31H33NO8. The van der Waals surface area contributed by atoms with E-state index in [9.17, 15) is 19.2 Å². The molecule has 2 atom stereocenters. The summed E-state index contributed by atoms with van der Waals surface area (Å²) in [4.78, 5) is 54.6. The van der Waals surface area contributed by atoms with E-state index in [0.29, 0.717) is 30.1 Å². The number of hydroxylamine groups is 2. The minimum Gasteiger partial charge on any atom is -0.495 e. The molecule has 2 amide bonds. The SMILES string of the molecule is COc1c(OC)c2c(c(OC)c1C(=O)ON1C(=O)CCC1=O)C(/C=C/c1ccccc1)CC2/C=C/CCC(C)=O. The molecule has 1 aliphatic carbocycles. The second-order valence-electron chi connectivity index (χ2n) is 9.65. The summed E-state index contributed by atoms with van der Waals surface area (Å²) in [5, 5.41) is 0.494. The van der Waals surface area contributed by atoms with E-state index in [2.05, 4.69) is 6.08 Å². The second kappa shape index (κ2) is 12.6. The van der Waals surface area contributed by atoms with Gasteiger partial charge < -0.3 is 23.8 Å². The third-order valence-electron chi connectivity index (χ3n) is 7.04. The van der Waals surface area contributed by atoms with Crippen LogP contribution in [-0.2, 0) is 19.2 Å². The number of ketones is 1. The number of carbonyl (C=O) groups is 4. The minimum atomic E-state index is -0.968. The van der Waals surface area contributed by atoms with Gasteiger partial charge in [-0.15, -0.1) is 5.06 Å². The average Bonchev–Trinajstić information content (AvgIpc) is 3.47. The molecule has 9 heteroatoms. The van der Waals surface area contributed by atoms with Crippen molar-refractivity contribution in [2.75, 3.05) is 21.3 Å². The standard InChI is InChI=1S/C31H33NO8/c1-19(33)10-8-9-13-21-18-22(15-14-20-11-6-5-7-12-20)25-26(21)29(38-3)30(39-4)27(28(25)37-2)31(36)40-32-23(34)16-17-24(32)35/h5-7,9,11-15,21-22H,8,10,16-18H2,1-4H3/b13-9+,15-14+. The Hall–Kier alpha value is -4.40. The first-order valence-electron chi connectivity index (χ1n) is 13.1. The van der Waals surface area contributed by atoms with Gasteiger partial charge in [-0.25, -0.2) is 4.79 Å². The lowest BCUT2D eigenvalue weighted by Gasteiger charge is -2.23. The first-order valence-corrected chi connectivity index (χ1v) is 13.1. The number of hydrogen-bond donors (Lipinski definition) is 0. The third kappa shape index (κ3) is 5.78. The van der Waals surface area contributed by atoms with Crippen molar-refractivity contribution in [2.45, 2.75) is 50.9 Å². The summed E-state index contributed by atoms with van der Waals surface area (Å²) in [5.74, 6) is -1.72. The first-order chi connectivity index (χ1) is 19.3. The molecule has 210 valence electrons. The summed E-state index contributed by atoms with van der Waals surface area (Å²) in [5.41, 5.74) is 2.45. The third-order valence-corrected chi connectivity index (χ3v) is 7.04. The van der Waals surface area contributed by atoms with Crippen LogP contribution >= 0.6 is 0 Å². The number of Topliss-reactive ketones (excluding diaryl/α,β-unsaturated/α-hetero) is 1. The van der Waals surface area contributed by atoms with Gasteiger partial charge in [0.25, 0.3) is 11.8 Å². The van der Waals surface area contributed by atoms with Crippen molar-refractivity contribution in [3.8, 4) is 17.2 Å². The summed E-state index contributed by atoms with van der Waals surface area (Å²) in [6, 6.07) is 9.82. The lowest BCUT2D eigenvalue weighted by atomic mass is 9.94. The fraction of sp³-hybridized carbons (Fsp3) is 0.355. The van der Waals surface area contributed by atoms with Gasteiger partial charge in [-0.2, -0.15) is 0 Å². The number of fused-ring (bicyclic) bond motifs is 1. The Labute approximate surface area is 233 Å². The predicted octanol–water partition coefficient (Wildman–Crippen LogP) is 5.14. The molecule has 1 aliphatic heterocycles. The van der Waals surface area contributed by atoms with E-state index >= 15 is 0 Å². The maximum atomic E-state index is 13.5. The molecule has 2 aliphatic rings. The van der Waals surface area contributed by atoms with Crippen molar-refractivity contribution in [3.05, 3.63) is 70.8 Å². The van der Waals surface area contributed by atoms with Gasteiger partial charge in [-0.3, -0.25) is 9.59 Å². The van der Waals surface area contributed by atoms with E-state index in [1.807, 2.05) is 48.6 Å². The van der Waals surface area contributed by atoms with Crippen molar-refractivity contribution in [2.24, 2.45) is 0 Å². The molecule has 0 aromatic heterocycles. The molecule has 9 nitrogen and oxygen atoms in total. The molecule has 4 rings (SSSR count). The van der Waals surface area contributed by atoms with Crippen molar-refractivity contribution in [1.82, 2.24) is 5.06 Å². The Kier molecular flexibility index (Phi) is 9.04. The number of rotatable bonds is 11. The van der Waals surface area contributed by atoms with Gasteiger partial charge in [-0.05, 0) is 25.3 Å². The van der Waals surface area contributed by atoms with Crippen LogP contribution in [0.25, 0.3) is 6.08 Å². The van der Waals surface area contributed by atoms with Crippen LogP contribution in [0.3, 0.4) is 0 Å². The van der Waals surface area contributed by atoms with Crippen molar-refractivity contribution in [1.29, 1.82) is 0 Å². The van der Waals surface area contributed by atoms with Crippen molar-refractivity contribution >= 4 is 29.6 Å². The normalized spacial score (nSPS) is 18.4. The predicted molar refractivity (Wildman–Crippen MR) is 147 cm³/mol. The highest BCUT2D eigenvalue weighted by molar-refractivity contribution is 6.04. The zero-order valence-electron chi connectivity index (χ0n) is 23.1. The van der Waals surface area contributed by atoms with E-state index < -0.39 is 17.8 Å². The molecular weight excluding hydrogens is 514 g/mol. The summed E-state index contributed by atoms with van der Waals surface area (Å²) in [7, 11) is 4.32. The van der Waals surface area contributed by atoms with Gasteiger partial charge in [0.15, 0.2) is 11.5 Å². The highest BCUT2D eigenvalue weighted by atomic mass is 16.7. The number of methoxy groups -OCH3 is 3. The number of allylic oxidation sites excluding steroid dienone is 3. The quantitative estimate of drug-likeness (QED) is 0.281. The molecule has 0 saturated carbocycles. The smallest absolute Gasteiger partial charge is 0.371 e. The van der Waals surface area contributed by atoms with Gasteiger partial charge >= 0.3 is 5.97 Å². The second-order valence-corrected chi connectivity index (χ2v) is 9.65. The van der Waals surface area contributed by atoms with Crippen LogP contribution in [0.5, 0.6) is 17.2 Å². The van der Waals surface area contributed by atoms with Crippen molar-refractivity contribution < 1.29 is 38.2 Å². The summed E-state index contributed by atoms with van der Waals surface area (Å²) >= 11 is 0. The Morgan fingerprint density at radius 2 is 1.48 bits per heavy atom. The maximum absolute atomic E-state index is 13.5. The molecule has 2 aromatic carbocycles. The lowest BCUT2D eigenvalue weighted by molar-refractivity contribution is -0.172. The molecule has 0 spiro atoms. The fourth-order valence-corrected chi connectivity index (χ4v) is 5.23. The topological polar surface area (TPSA) is 108 Å². The van der Waals surface area contributed by atoms with Crippen LogP contribution in [0, 0.1) is 0 Å². The Bertz CT molecular complexity index is 1350. The summed E-state index contributed by atoms with van der Waals surface area (Å²) in [6.07, 6.45) is 9.70. The minimum absolute atomic E-state index is 0.0299. The highest BCUT2D eigenvalue weighted by Crippen LogP contribution is 2.57. The highest BCUT2D eigenvalue weighted by Gasteiger charge is 2.42. The average molecular weight is 548 g/mol. The molecule has 2 unspecified atom stereocenters. The summed E-state index contributed by atoms with van der Waals surface area (Å²) < 4.78 is 17.3. The number of carbonyl (C=O) groups excluding carboxylic acids is 4. The van der Waals surface area contributed by atoms with Gasteiger partial charge in [0.05, 0.1) is 21.3 Å². The van der Waals surface area contributed by atoms with Crippen LogP contribution < -0.4 is 14.2 Å². The van der Waals surface area contributed by atoms with Crippen LogP contribution in [-0.4, -0.2) is 50.0 Å². The Balaban J connectivity index is 1.86. The molecule has 1 saturated heterocycles. The van der Waals surface area contributed by atoms with E-state index in [-0.39, 0.29) is 47.5 Å². The van der Waals surface area contributed by atoms with Gasteiger partial charge in [0.1, 0.15) is 17.1 Å². The summed E-state index contributed by atoms with van der Waals surface area (Å²) in [6.45, 7) is 1.56. The van der Waals surface area contributed by atoms with E-state index in [4.69, 9.17) is 19.0 Å². The monoisotopic (exact) mass is 547 g/mol. The Morgan fingerprint density at radius 1 is 0.875 bits per heavy atom. The number of ether oxygens (including phenoxy) is 3. The molecule has 2 aromatic rings. The van der Waals surface area contributed by atoms with Crippen molar-refractivity contribution in [3.63, 3.8) is 0 Å². The maximum Gasteiger partial charge on any atom is 0.371 e. The molecule has 40 heavy (non-hydrogen) atoms. The Morgan fingerprint density at radius 3 is 2.08 bits per heavy atom. The first kappa shape index (κ1) is 28.6. The number of imide groups is 1. The van der Waals surface area contributed by atoms with E-state index in [1.165, 1.54) is 21.3 Å². The lowest BCUT2D eigenvalue weighted by Crippen LogP contribution is -2.32. The fourth-order valence-electron chi connectivity index (χ4n) is 5.23.